The van der Waals surface area contributed by atoms with Gasteiger partial charge in [0.25, 0.3) is 0 Å². The molecule has 21 heavy (non-hydrogen) atoms. The van der Waals surface area contributed by atoms with Gasteiger partial charge in [0.15, 0.2) is 0 Å². The lowest BCUT2D eigenvalue weighted by molar-refractivity contribution is 0.576. The van der Waals surface area contributed by atoms with Gasteiger partial charge in [-0.3, -0.25) is 9.36 Å². The minimum Gasteiger partial charge on any atom is -0.313 e. The average molecular weight is 283 g/mol. The Morgan fingerprint density at radius 3 is 2.62 bits per heavy atom. The molecule has 0 aliphatic heterocycles. The summed E-state index contributed by atoms with van der Waals surface area (Å²) in [4.78, 5) is 0. The lowest BCUT2D eigenvalue weighted by atomic mass is 10.0. The molecule has 0 spiro atoms. The van der Waals surface area contributed by atoms with Crippen LogP contribution in [0.5, 0.6) is 0 Å². The summed E-state index contributed by atoms with van der Waals surface area (Å²) in [6.07, 6.45) is 2.94. The van der Waals surface area contributed by atoms with Crippen LogP contribution in [0.2, 0.25) is 0 Å². The van der Waals surface area contributed by atoms with Crippen molar-refractivity contribution in [1.82, 2.24) is 24.9 Å². The van der Waals surface area contributed by atoms with E-state index in [2.05, 4.69) is 52.9 Å². The Morgan fingerprint density at radius 1 is 1.19 bits per heavy atom. The van der Waals surface area contributed by atoms with Gasteiger partial charge in [0, 0.05) is 43.7 Å². The van der Waals surface area contributed by atoms with Crippen molar-refractivity contribution in [3.8, 4) is 0 Å². The van der Waals surface area contributed by atoms with Crippen molar-refractivity contribution in [2.45, 2.75) is 19.4 Å². The number of rotatable bonds is 4. The quantitative estimate of drug-likeness (QED) is 0.798. The van der Waals surface area contributed by atoms with E-state index in [1.165, 1.54) is 16.5 Å². The minimum absolute atomic E-state index is 0.219. The van der Waals surface area contributed by atoms with E-state index in [4.69, 9.17) is 0 Å². The first kappa shape index (κ1) is 13.8. The molecule has 0 aliphatic rings. The van der Waals surface area contributed by atoms with Crippen molar-refractivity contribution < 1.29 is 0 Å². The molecule has 0 bridgehead atoms. The van der Waals surface area contributed by atoms with Crippen molar-refractivity contribution in [1.29, 1.82) is 0 Å². The number of likely N-dealkylation sites (N-methyl/N-ethyl adjacent to an activating group) is 1. The van der Waals surface area contributed by atoms with Crippen LogP contribution < -0.4 is 5.32 Å². The highest BCUT2D eigenvalue weighted by Gasteiger charge is 2.18. The van der Waals surface area contributed by atoms with Crippen molar-refractivity contribution in [2.75, 3.05) is 7.05 Å². The Morgan fingerprint density at radius 2 is 1.95 bits per heavy atom. The molecular weight excluding hydrogens is 262 g/mol. The zero-order valence-electron chi connectivity index (χ0n) is 13.0. The van der Waals surface area contributed by atoms with Crippen LogP contribution in [0.3, 0.4) is 0 Å². The number of nitrogens with zero attached hydrogens (tertiary/aromatic N) is 4. The molecule has 0 fully saturated rings. The Balaban J connectivity index is 1.98. The van der Waals surface area contributed by atoms with Crippen LogP contribution in [0.15, 0.2) is 30.5 Å². The molecule has 5 heteroatoms. The number of aryl methyl sites for hydroxylation is 3. The van der Waals surface area contributed by atoms with Crippen molar-refractivity contribution >= 4 is 10.9 Å². The van der Waals surface area contributed by atoms with Crippen LogP contribution in [0.1, 0.15) is 23.0 Å². The SMILES string of the molecule is CNC(Cc1nn(C)c2ccccc12)c1cn(C)nc1C. The Hall–Kier alpha value is -2.14. The Labute approximate surface area is 124 Å². The van der Waals surface area contributed by atoms with E-state index < -0.39 is 0 Å². The highest BCUT2D eigenvalue weighted by atomic mass is 15.3. The van der Waals surface area contributed by atoms with Gasteiger partial charge in [-0.1, -0.05) is 18.2 Å². The summed E-state index contributed by atoms with van der Waals surface area (Å²) < 4.78 is 3.82. The standard InChI is InChI=1S/C16H21N5/c1-11-13(10-20(3)18-11)14(17-2)9-15-12-7-5-6-8-16(12)21(4)19-15/h5-8,10,14,17H,9H2,1-4H3. The van der Waals surface area contributed by atoms with E-state index in [0.717, 1.165) is 17.8 Å². The lowest BCUT2D eigenvalue weighted by Gasteiger charge is -2.14. The van der Waals surface area contributed by atoms with Crippen molar-refractivity contribution in [3.05, 3.63) is 47.4 Å². The lowest BCUT2D eigenvalue weighted by Crippen LogP contribution is -2.19. The van der Waals surface area contributed by atoms with Crippen LogP contribution in [-0.4, -0.2) is 26.6 Å². The van der Waals surface area contributed by atoms with E-state index in [0.29, 0.717) is 0 Å². The maximum Gasteiger partial charge on any atom is 0.0722 e. The largest absolute Gasteiger partial charge is 0.313 e. The maximum atomic E-state index is 4.69. The number of fused-ring (bicyclic) bond motifs is 1. The monoisotopic (exact) mass is 283 g/mol. The third-order valence-corrected chi connectivity index (χ3v) is 4.01. The fourth-order valence-electron chi connectivity index (χ4n) is 2.96. The molecule has 1 aromatic carbocycles. The second kappa shape index (κ2) is 5.33. The number of benzene rings is 1. The number of hydrogen-bond donors (Lipinski definition) is 1. The zero-order valence-corrected chi connectivity index (χ0v) is 13.0. The molecule has 2 heterocycles. The van der Waals surface area contributed by atoms with E-state index in [1.807, 2.05) is 30.5 Å². The molecular formula is C16H21N5. The van der Waals surface area contributed by atoms with Crippen LogP contribution in [0.25, 0.3) is 10.9 Å². The molecule has 0 radical (unpaired) electrons. The van der Waals surface area contributed by atoms with E-state index >= 15 is 0 Å². The number of hydrogen-bond acceptors (Lipinski definition) is 3. The summed E-state index contributed by atoms with van der Waals surface area (Å²) in [6, 6.07) is 8.58. The van der Waals surface area contributed by atoms with Gasteiger partial charge in [-0.2, -0.15) is 10.2 Å². The highest BCUT2D eigenvalue weighted by Crippen LogP contribution is 2.24. The summed E-state index contributed by atoms with van der Waals surface area (Å²) in [5, 5.41) is 13.7. The topological polar surface area (TPSA) is 47.7 Å². The fraction of sp³-hybridized carbons (Fsp3) is 0.375. The molecule has 0 saturated heterocycles. The first-order valence-electron chi connectivity index (χ1n) is 7.18. The predicted octanol–water partition coefficient (Wildman–Crippen LogP) is 2.12. The van der Waals surface area contributed by atoms with Crippen LogP contribution in [-0.2, 0) is 20.5 Å². The summed E-state index contributed by atoms with van der Waals surface area (Å²) in [6.45, 7) is 2.05. The normalized spacial score (nSPS) is 13.0. The minimum atomic E-state index is 0.219. The van der Waals surface area contributed by atoms with Gasteiger partial charge in [-0.15, -0.1) is 0 Å². The van der Waals surface area contributed by atoms with Gasteiger partial charge in [-0.25, -0.2) is 0 Å². The molecule has 0 saturated carbocycles. The van der Waals surface area contributed by atoms with E-state index in [-0.39, 0.29) is 6.04 Å². The van der Waals surface area contributed by atoms with E-state index in [1.54, 1.807) is 0 Å². The summed E-state index contributed by atoms with van der Waals surface area (Å²) >= 11 is 0. The molecule has 1 N–H and O–H groups in total. The molecule has 0 aliphatic carbocycles. The molecule has 3 rings (SSSR count). The molecule has 5 nitrogen and oxygen atoms in total. The molecule has 3 aromatic rings. The van der Waals surface area contributed by atoms with Gasteiger partial charge in [0.1, 0.15) is 0 Å². The first-order chi connectivity index (χ1) is 10.1. The Bertz CT molecular complexity index is 768. The molecule has 2 aromatic heterocycles. The summed E-state index contributed by atoms with van der Waals surface area (Å²) in [5.74, 6) is 0. The van der Waals surface area contributed by atoms with Crippen LogP contribution >= 0.6 is 0 Å². The smallest absolute Gasteiger partial charge is 0.0722 e. The summed E-state index contributed by atoms with van der Waals surface area (Å²) in [5.41, 5.74) is 4.59. The summed E-state index contributed by atoms with van der Waals surface area (Å²) in [7, 11) is 5.94. The maximum absolute atomic E-state index is 4.69. The number of para-hydroxylation sites is 1. The zero-order chi connectivity index (χ0) is 15.0. The average Bonchev–Trinajstić information content (AvgIpc) is 2.97. The van der Waals surface area contributed by atoms with Gasteiger partial charge < -0.3 is 5.32 Å². The van der Waals surface area contributed by atoms with Gasteiger partial charge in [0.05, 0.1) is 16.9 Å². The number of nitrogens with one attached hydrogen (secondary N) is 1. The molecule has 1 unspecified atom stereocenters. The second-order valence-electron chi connectivity index (χ2n) is 5.48. The molecule has 110 valence electrons. The van der Waals surface area contributed by atoms with Crippen LogP contribution in [0.4, 0.5) is 0 Å². The fourth-order valence-corrected chi connectivity index (χ4v) is 2.96. The third-order valence-electron chi connectivity index (χ3n) is 4.01. The van der Waals surface area contributed by atoms with Gasteiger partial charge in [-0.05, 0) is 20.0 Å². The first-order valence-corrected chi connectivity index (χ1v) is 7.18. The molecule has 0 amide bonds. The third kappa shape index (κ3) is 2.45. The second-order valence-corrected chi connectivity index (χ2v) is 5.48. The van der Waals surface area contributed by atoms with Crippen molar-refractivity contribution in [2.24, 2.45) is 14.1 Å². The van der Waals surface area contributed by atoms with Crippen LogP contribution in [0, 0.1) is 6.92 Å². The van der Waals surface area contributed by atoms with Gasteiger partial charge in [0.2, 0.25) is 0 Å². The van der Waals surface area contributed by atoms with Crippen molar-refractivity contribution in [3.63, 3.8) is 0 Å². The molecule has 1 atom stereocenters. The number of aromatic nitrogens is 4. The highest BCUT2D eigenvalue weighted by molar-refractivity contribution is 5.81. The van der Waals surface area contributed by atoms with E-state index in [9.17, 15) is 0 Å². The predicted molar refractivity (Wildman–Crippen MR) is 84.2 cm³/mol. The van der Waals surface area contributed by atoms with Gasteiger partial charge >= 0.3 is 0 Å². The Kier molecular flexibility index (Phi) is 3.51.